The van der Waals surface area contributed by atoms with Crippen molar-refractivity contribution in [2.75, 3.05) is 36.1 Å². The molecule has 9 heteroatoms. The molecule has 0 amide bonds. The summed E-state index contributed by atoms with van der Waals surface area (Å²) in [7, 11) is -3.01. The van der Waals surface area contributed by atoms with Crippen LogP contribution in [-0.4, -0.2) is 59.5 Å². The van der Waals surface area contributed by atoms with Crippen LogP contribution >= 0.6 is 11.6 Å². The highest BCUT2D eigenvalue weighted by Gasteiger charge is 2.35. The molecule has 0 spiro atoms. The van der Waals surface area contributed by atoms with Gasteiger partial charge in [-0.05, 0) is 31.6 Å². The fourth-order valence-corrected chi connectivity index (χ4v) is 7.20. The molecule has 2 fully saturated rings. The Morgan fingerprint density at radius 2 is 2.10 bits per heavy atom. The van der Waals surface area contributed by atoms with Crippen molar-refractivity contribution in [1.82, 2.24) is 14.8 Å². The van der Waals surface area contributed by atoms with Crippen LogP contribution in [0.2, 0.25) is 5.15 Å². The molecule has 1 saturated carbocycles. The molecule has 31 heavy (non-hydrogen) atoms. The molecule has 0 radical (unpaired) electrons. The van der Waals surface area contributed by atoms with Crippen LogP contribution in [-0.2, 0) is 16.4 Å². The molecule has 7 nitrogen and oxygen atoms in total. The molecule has 3 heterocycles. The predicted molar refractivity (Wildman–Crippen MR) is 124 cm³/mol. The summed E-state index contributed by atoms with van der Waals surface area (Å²) in [6, 6.07) is 1.84. The van der Waals surface area contributed by atoms with Crippen molar-refractivity contribution in [3.05, 3.63) is 17.4 Å². The van der Waals surface area contributed by atoms with Crippen LogP contribution in [0.15, 0.2) is 12.3 Å². The molecule has 0 unspecified atom stereocenters. The Morgan fingerprint density at radius 3 is 2.81 bits per heavy atom. The molecule has 2 aliphatic rings. The lowest BCUT2D eigenvalue weighted by Gasteiger charge is -2.26. The standard InChI is InChI=1S/C22H33ClN4O3S/c1-2-3-10-31(29,30)14-17-6-9-26(13-17)21-18-12-24-20(23)11-19(18)27(25-21)15-22(16-28)7-4-5-8-22/h11-12,17,28H,2-10,13-16H2,1H3/t17-/m0/s1. The largest absolute Gasteiger partial charge is 0.396 e. The Bertz CT molecular complexity index is 1020. The van der Waals surface area contributed by atoms with Gasteiger partial charge >= 0.3 is 0 Å². The Kier molecular flexibility index (Phi) is 6.79. The SMILES string of the molecule is CCCCS(=O)(=O)C[C@H]1CCN(c2nn(CC3(CO)CCCC3)c3cc(Cl)ncc23)C1. The molecule has 1 aliphatic heterocycles. The molecule has 1 atom stereocenters. The average molecular weight is 469 g/mol. The second-order valence-electron chi connectivity index (χ2n) is 9.44. The summed E-state index contributed by atoms with van der Waals surface area (Å²) in [6.07, 6.45) is 8.51. The zero-order valence-electron chi connectivity index (χ0n) is 18.3. The molecule has 1 aliphatic carbocycles. The van der Waals surface area contributed by atoms with E-state index in [0.717, 1.165) is 68.2 Å². The summed E-state index contributed by atoms with van der Waals surface area (Å²) in [6.45, 7) is 4.30. The van der Waals surface area contributed by atoms with Gasteiger partial charge in [-0.15, -0.1) is 0 Å². The lowest BCUT2D eigenvalue weighted by molar-refractivity contribution is 0.109. The van der Waals surface area contributed by atoms with Gasteiger partial charge in [0.1, 0.15) is 5.15 Å². The number of halogens is 1. The molecule has 172 valence electrons. The van der Waals surface area contributed by atoms with Gasteiger partial charge in [-0.2, -0.15) is 5.10 Å². The van der Waals surface area contributed by atoms with E-state index in [0.29, 0.717) is 18.2 Å². The first-order valence-corrected chi connectivity index (χ1v) is 13.6. The van der Waals surface area contributed by atoms with Crippen molar-refractivity contribution in [1.29, 1.82) is 0 Å². The number of aliphatic hydroxyl groups is 1. The third-order valence-electron chi connectivity index (χ3n) is 6.95. The van der Waals surface area contributed by atoms with Crippen molar-refractivity contribution in [2.45, 2.75) is 58.4 Å². The molecule has 1 saturated heterocycles. The maximum Gasteiger partial charge on any atom is 0.160 e. The number of aromatic nitrogens is 3. The summed E-state index contributed by atoms with van der Waals surface area (Å²) < 4.78 is 26.8. The van der Waals surface area contributed by atoms with Gasteiger partial charge in [0.15, 0.2) is 15.7 Å². The van der Waals surface area contributed by atoms with E-state index in [1.165, 1.54) is 0 Å². The third-order valence-corrected chi connectivity index (χ3v) is 9.05. The van der Waals surface area contributed by atoms with E-state index in [-0.39, 0.29) is 29.4 Å². The van der Waals surface area contributed by atoms with E-state index in [9.17, 15) is 13.5 Å². The van der Waals surface area contributed by atoms with Gasteiger partial charge in [-0.3, -0.25) is 4.68 Å². The van der Waals surface area contributed by atoms with Gasteiger partial charge in [0.25, 0.3) is 0 Å². The zero-order valence-corrected chi connectivity index (χ0v) is 19.8. The monoisotopic (exact) mass is 468 g/mol. The Labute approximate surface area is 189 Å². The number of rotatable bonds is 9. The minimum atomic E-state index is -3.01. The van der Waals surface area contributed by atoms with Crippen molar-refractivity contribution in [2.24, 2.45) is 11.3 Å². The van der Waals surface area contributed by atoms with E-state index in [2.05, 4.69) is 9.88 Å². The minimum Gasteiger partial charge on any atom is -0.396 e. The highest BCUT2D eigenvalue weighted by atomic mass is 35.5. The van der Waals surface area contributed by atoms with Crippen LogP contribution in [0.5, 0.6) is 0 Å². The topological polar surface area (TPSA) is 88.3 Å². The predicted octanol–water partition coefficient (Wildman–Crippen LogP) is 3.68. The lowest BCUT2D eigenvalue weighted by atomic mass is 9.87. The zero-order chi connectivity index (χ0) is 22.1. The normalized spacial score (nSPS) is 21.4. The van der Waals surface area contributed by atoms with Crippen molar-refractivity contribution >= 4 is 38.2 Å². The summed E-state index contributed by atoms with van der Waals surface area (Å²) in [5, 5.41) is 16.4. The maximum atomic E-state index is 12.4. The third kappa shape index (κ3) is 5.01. The second-order valence-corrected chi connectivity index (χ2v) is 12.1. The highest BCUT2D eigenvalue weighted by Crippen LogP contribution is 2.41. The second kappa shape index (κ2) is 9.24. The molecule has 2 aromatic rings. The molecule has 1 N–H and O–H groups in total. The van der Waals surface area contributed by atoms with Crippen LogP contribution in [0.4, 0.5) is 5.82 Å². The highest BCUT2D eigenvalue weighted by molar-refractivity contribution is 7.91. The maximum absolute atomic E-state index is 12.4. The van der Waals surface area contributed by atoms with Crippen LogP contribution in [0.1, 0.15) is 51.9 Å². The summed E-state index contributed by atoms with van der Waals surface area (Å²) in [5.41, 5.74) is 0.793. The number of pyridine rings is 1. The first-order valence-electron chi connectivity index (χ1n) is 11.4. The quantitative estimate of drug-likeness (QED) is 0.565. The van der Waals surface area contributed by atoms with Crippen LogP contribution in [0.3, 0.4) is 0 Å². The molecule has 2 aromatic heterocycles. The van der Waals surface area contributed by atoms with Gasteiger partial charge in [0.2, 0.25) is 0 Å². The van der Waals surface area contributed by atoms with E-state index in [4.69, 9.17) is 16.7 Å². The molecular formula is C22H33ClN4O3S. The Hall–Kier alpha value is -1.38. The van der Waals surface area contributed by atoms with Crippen LogP contribution in [0, 0.1) is 11.3 Å². The number of hydrogen-bond donors (Lipinski definition) is 1. The van der Waals surface area contributed by atoms with E-state index < -0.39 is 9.84 Å². The summed E-state index contributed by atoms with van der Waals surface area (Å²) in [4.78, 5) is 6.46. The Morgan fingerprint density at radius 1 is 1.32 bits per heavy atom. The molecule has 0 bridgehead atoms. The van der Waals surface area contributed by atoms with Crippen molar-refractivity contribution in [3.8, 4) is 0 Å². The summed E-state index contributed by atoms with van der Waals surface area (Å²) in [5.74, 6) is 1.50. The van der Waals surface area contributed by atoms with Crippen LogP contribution in [0.25, 0.3) is 10.9 Å². The van der Waals surface area contributed by atoms with E-state index >= 15 is 0 Å². The fourth-order valence-electron chi connectivity index (χ4n) is 5.16. The number of fused-ring (bicyclic) bond motifs is 1. The number of anilines is 1. The van der Waals surface area contributed by atoms with Gasteiger partial charge in [0.05, 0.1) is 29.0 Å². The summed E-state index contributed by atoms with van der Waals surface area (Å²) >= 11 is 6.20. The van der Waals surface area contributed by atoms with Gasteiger partial charge in [-0.1, -0.05) is 37.8 Å². The minimum absolute atomic E-state index is 0.126. The van der Waals surface area contributed by atoms with Gasteiger partial charge < -0.3 is 10.0 Å². The van der Waals surface area contributed by atoms with Gasteiger partial charge in [0, 0.05) is 37.3 Å². The van der Waals surface area contributed by atoms with Crippen LogP contribution < -0.4 is 4.90 Å². The number of sulfone groups is 1. The Balaban J connectivity index is 1.57. The number of unbranched alkanes of at least 4 members (excludes halogenated alkanes) is 1. The van der Waals surface area contributed by atoms with Crippen molar-refractivity contribution < 1.29 is 13.5 Å². The first-order chi connectivity index (χ1) is 14.8. The molecule has 4 rings (SSSR count). The first kappa shape index (κ1) is 22.8. The molecular weight excluding hydrogens is 436 g/mol. The van der Waals surface area contributed by atoms with E-state index in [1.54, 1.807) is 6.20 Å². The van der Waals surface area contributed by atoms with Crippen molar-refractivity contribution in [3.63, 3.8) is 0 Å². The number of aliphatic hydroxyl groups excluding tert-OH is 1. The smallest absolute Gasteiger partial charge is 0.160 e. The fraction of sp³-hybridized carbons (Fsp3) is 0.727. The number of hydrogen-bond acceptors (Lipinski definition) is 6. The van der Waals surface area contributed by atoms with Gasteiger partial charge in [-0.25, -0.2) is 13.4 Å². The number of nitrogens with zero attached hydrogens (tertiary/aromatic N) is 4. The van der Waals surface area contributed by atoms with E-state index in [1.807, 2.05) is 17.7 Å². The average Bonchev–Trinajstić information content (AvgIpc) is 3.46. The lowest BCUT2D eigenvalue weighted by Crippen LogP contribution is -2.28. The molecule has 0 aromatic carbocycles.